The summed E-state index contributed by atoms with van der Waals surface area (Å²) in [6, 6.07) is 16.1. The molecule has 0 aliphatic rings. The van der Waals surface area contributed by atoms with Crippen molar-refractivity contribution >= 4 is 16.9 Å². The van der Waals surface area contributed by atoms with Gasteiger partial charge in [-0.05, 0) is 50.5 Å². The fourth-order valence-corrected chi connectivity index (χ4v) is 2.87. The molecule has 0 aliphatic carbocycles. The zero-order valence-electron chi connectivity index (χ0n) is 14.4. The molecule has 0 bridgehead atoms. The second-order valence-corrected chi connectivity index (χ2v) is 6.32. The smallest absolute Gasteiger partial charge is 0.251 e. The van der Waals surface area contributed by atoms with Gasteiger partial charge >= 0.3 is 0 Å². The first-order valence-corrected chi connectivity index (χ1v) is 8.32. The number of benzene rings is 2. The maximum Gasteiger partial charge on any atom is 0.251 e. The van der Waals surface area contributed by atoms with E-state index in [0.717, 1.165) is 29.7 Å². The average molecular weight is 321 g/mol. The zero-order valence-corrected chi connectivity index (χ0v) is 14.4. The summed E-state index contributed by atoms with van der Waals surface area (Å²) in [5.41, 5.74) is 3.86. The molecule has 4 nitrogen and oxygen atoms in total. The first-order valence-electron chi connectivity index (χ1n) is 8.32. The van der Waals surface area contributed by atoms with E-state index in [1.54, 1.807) is 0 Å². The first-order chi connectivity index (χ1) is 11.5. The molecule has 1 heterocycles. The van der Waals surface area contributed by atoms with Gasteiger partial charge in [-0.1, -0.05) is 30.3 Å². The van der Waals surface area contributed by atoms with Crippen LogP contribution in [0.15, 0.2) is 48.5 Å². The Balaban J connectivity index is 1.63. The molecule has 1 N–H and O–H groups in total. The summed E-state index contributed by atoms with van der Waals surface area (Å²) in [4.78, 5) is 17.0. The highest BCUT2D eigenvalue weighted by molar-refractivity contribution is 5.97. The summed E-state index contributed by atoms with van der Waals surface area (Å²) in [6.07, 6.45) is 1.88. The fraction of sp³-hybridized carbons (Fsp3) is 0.300. The van der Waals surface area contributed by atoms with Gasteiger partial charge in [0.15, 0.2) is 0 Å². The van der Waals surface area contributed by atoms with Gasteiger partial charge in [-0.3, -0.25) is 4.79 Å². The SMILES string of the molecule is Cc1nc2cc(C(=O)NC(C)CCc3ccccc3)ccc2n1C. The van der Waals surface area contributed by atoms with Crippen LogP contribution in [0.3, 0.4) is 0 Å². The van der Waals surface area contributed by atoms with Crippen LogP contribution in [0.1, 0.15) is 35.1 Å². The van der Waals surface area contributed by atoms with Crippen molar-refractivity contribution in [2.75, 3.05) is 0 Å². The predicted octanol–water partition coefficient (Wildman–Crippen LogP) is 3.63. The van der Waals surface area contributed by atoms with E-state index < -0.39 is 0 Å². The van der Waals surface area contributed by atoms with Crippen molar-refractivity contribution in [2.24, 2.45) is 7.05 Å². The van der Waals surface area contributed by atoms with Gasteiger partial charge in [-0.15, -0.1) is 0 Å². The van der Waals surface area contributed by atoms with Gasteiger partial charge in [0, 0.05) is 18.7 Å². The molecule has 3 aromatic rings. The zero-order chi connectivity index (χ0) is 17.1. The third kappa shape index (κ3) is 3.48. The van der Waals surface area contributed by atoms with Gasteiger partial charge in [0.05, 0.1) is 11.0 Å². The van der Waals surface area contributed by atoms with E-state index in [-0.39, 0.29) is 11.9 Å². The molecule has 1 aromatic heterocycles. The highest BCUT2D eigenvalue weighted by Crippen LogP contribution is 2.16. The minimum atomic E-state index is -0.0410. The number of fused-ring (bicyclic) bond motifs is 1. The topological polar surface area (TPSA) is 46.9 Å². The highest BCUT2D eigenvalue weighted by Gasteiger charge is 2.12. The Bertz CT molecular complexity index is 852. The molecule has 2 aromatic carbocycles. The monoisotopic (exact) mass is 321 g/mol. The number of carbonyl (C=O) groups is 1. The molecule has 0 spiro atoms. The lowest BCUT2D eigenvalue weighted by Gasteiger charge is -2.14. The van der Waals surface area contributed by atoms with Crippen molar-refractivity contribution in [2.45, 2.75) is 32.7 Å². The molecule has 0 saturated carbocycles. The minimum absolute atomic E-state index is 0.0410. The second-order valence-electron chi connectivity index (χ2n) is 6.32. The molecule has 0 aliphatic heterocycles. The van der Waals surface area contributed by atoms with Crippen LogP contribution in [0.2, 0.25) is 0 Å². The number of carbonyl (C=O) groups excluding carboxylic acids is 1. The van der Waals surface area contributed by atoms with Crippen LogP contribution in [0.5, 0.6) is 0 Å². The molecular formula is C20H23N3O. The van der Waals surface area contributed by atoms with Crippen molar-refractivity contribution in [1.29, 1.82) is 0 Å². The Labute approximate surface area is 142 Å². The standard InChI is InChI=1S/C20H23N3O/c1-14(9-10-16-7-5-4-6-8-16)21-20(24)17-11-12-19-18(13-17)22-15(2)23(19)3/h4-8,11-14H,9-10H2,1-3H3,(H,21,24). The average Bonchev–Trinajstić information content (AvgIpc) is 2.88. The van der Waals surface area contributed by atoms with Crippen LogP contribution in [-0.2, 0) is 13.5 Å². The molecule has 3 rings (SSSR count). The van der Waals surface area contributed by atoms with Crippen molar-refractivity contribution in [3.05, 3.63) is 65.5 Å². The Morgan fingerprint density at radius 3 is 2.71 bits per heavy atom. The van der Waals surface area contributed by atoms with E-state index in [1.807, 2.05) is 61.9 Å². The number of hydrogen-bond donors (Lipinski definition) is 1. The molecule has 0 saturated heterocycles. The van der Waals surface area contributed by atoms with Crippen molar-refractivity contribution < 1.29 is 4.79 Å². The van der Waals surface area contributed by atoms with Crippen LogP contribution in [0, 0.1) is 6.92 Å². The van der Waals surface area contributed by atoms with E-state index in [9.17, 15) is 4.79 Å². The molecule has 124 valence electrons. The van der Waals surface area contributed by atoms with Crippen LogP contribution in [-0.4, -0.2) is 21.5 Å². The number of nitrogens with zero attached hydrogens (tertiary/aromatic N) is 2. The Morgan fingerprint density at radius 2 is 1.96 bits per heavy atom. The fourth-order valence-electron chi connectivity index (χ4n) is 2.87. The third-order valence-electron chi connectivity index (χ3n) is 4.45. The normalized spacial score (nSPS) is 12.3. The molecule has 4 heteroatoms. The number of rotatable bonds is 5. The van der Waals surface area contributed by atoms with E-state index in [0.29, 0.717) is 5.56 Å². The molecule has 1 amide bonds. The van der Waals surface area contributed by atoms with Crippen molar-refractivity contribution in [3.63, 3.8) is 0 Å². The quantitative estimate of drug-likeness (QED) is 0.780. The summed E-state index contributed by atoms with van der Waals surface area (Å²) in [6.45, 7) is 4.01. The number of imidazole rings is 1. The predicted molar refractivity (Wildman–Crippen MR) is 97.1 cm³/mol. The molecule has 24 heavy (non-hydrogen) atoms. The number of aryl methyl sites for hydroxylation is 3. The van der Waals surface area contributed by atoms with Gasteiger partial charge in [0.2, 0.25) is 0 Å². The van der Waals surface area contributed by atoms with E-state index in [4.69, 9.17) is 0 Å². The second kappa shape index (κ2) is 6.87. The van der Waals surface area contributed by atoms with Crippen LogP contribution >= 0.6 is 0 Å². The highest BCUT2D eigenvalue weighted by atomic mass is 16.1. The van der Waals surface area contributed by atoms with E-state index in [2.05, 4.69) is 22.4 Å². The Hall–Kier alpha value is -2.62. The third-order valence-corrected chi connectivity index (χ3v) is 4.45. The van der Waals surface area contributed by atoms with Gasteiger partial charge in [0.1, 0.15) is 5.82 Å². The van der Waals surface area contributed by atoms with E-state index >= 15 is 0 Å². The lowest BCUT2D eigenvalue weighted by Crippen LogP contribution is -2.32. The van der Waals surface area contributed by atoms with E-state index in [1.165, 1.54) is 5.56 Å². The lowest BCUT2D eigenvalue weighted by atomic mass is 10.1. The van der Waals surface area contributed by atoms with Gasteiger partial charge in [-0.2, -0.15) is 0 Å². The minimum Gasteiger partial charge on any atom is -0.350 e. The van der Waals surface area contributed by atoms with Crippen LogP contribution in [0.25, 0.3) is 11.0 Å². The van der Waals surface area contributed by atoms with Crippen molar-refractivity contribution in [3.8, 4) is 0 Å². The molecular weight excluding hydrogens is 298 g/mol. The number of aromatic nitrogens is 2. The summed E-state index contributed by atoms with van der Waals surface area (Å²) < 4.78 is 2.03. The number of amides is 1. The molecule has 1 unspecified atom stereocenters. The summed E-state index contributed by atoms with van der Waals surface area (Å²) in [5.74, 6) is 0.902. The van der Waals surface area contributed by atoms with Crippen molar-refractivity contribution in [1.82, 2.24) is 14.9 Å². The number of hydrogen-bond acceptors (Lipinski definition) is 2. The largest absolute Gasteiger partial charge is 0.350 e. The molecule has 0 fully saturated rings. The van der Waals surface area contributed by atoms with Gasteiger partial charge in [-0.25, -0.2) is 4.98 Å². The van der Waals surface area contributed by atoms with Crippen LogP contribution < -0.4 is 5.32 Å². The molecule has 1 atom stereocenters. The van der Waals surface area contributed by atoms with Gasteiger partial charge in [0.25, 0.3) is 5.91 Å². The maximum atomic E-state index is 12.5. The van der Waals surface area contributed by atoms with Crippen LogP contribution in [0.4, 0.5) is 0 Å². The summed E-state index contributed by atoms with van der Waals surface area (Å²) in [7, 11) is 1.98. The Morgan fingerprint density at radius 1 is 1.21 bits per heavy atom. The van der Waals surface area contributed by atoms with Gasteiger partial charge < -0.3 is 9.88 Å². The summed E-state index contributed by atoms with van der Waals surface area (Å²) in [5, 5.41) is 3.08. The molecule has 0 radical (unpaired) electrons. The Kier molecular flexibility index (Phi) is 4.65. The maximum absolute atomic E-state index is 12.5. The lowest BCUT2D eigenvalue weighted by molar-refractivity contribution is 0.0938. The summed E-state index contributed by atoms with van der Waals surface area (Å²) >= 11 is 0. The number of nitrogens with one attached hydrogen (secondary N) is 1. The first kappa shape index (κ1) is 16.2.